The number of nitrogens with zero attached hydrogens (tertiary/aromatic N) is 9. The van der Waals surface area contributed by atoms with E-state index < -0.39 is 11.6 Å². The number of phenols is 1. The van der Waals surface area contributed by atoms with Gasteiger partial charge in [-0.15, -0.1) is 0 Å². The lowest BCUT2D eigenvalue weighted by molar-refractivity contribution is 0.134. The molecule has 0 bridgehead atoms. The predicted octanol–water partition coefficient (Wildman–Crippen LogP) is 4.81. The SMILES string of the molecule is CCn1cc(-c2cccc3nc(C(C)n4nc(-c5ccc(O)c6c5CC(C)(C)O6)c5c(N)ncnc54)n(-n4cccc4)c(=O)c23)cn1. The molecular formula is C34H32N10O3. The Labute approximate surface area is 268 Å². The van der Waals surface area contributed by atoms with Crippen molar-refractivity contribution in [3.63, 3.8) is 0 Å². The number of aryl methyl sites for hydroxylation is 1. The number of phenolic OH excluding ortho intramolecular Hbond substituents is 1. The van der Waals surface area contributed by atoms with Gasteiger partial charge >= 0.3 is 0 Å². The number of rotatable bonds is 6. The van der Waals surface area contributed by atoms with E-state index in [1.807, 2.05) is 75.0 Å². The summed E-state index contributed by atoms with van der Waals surface area (Å²) in [6.45, 7) is 8.59. The Morgan fingerprint density at radius 2 is 1.87 bits per heavy atom. The van der Waals surface area contributed by atoms with Crippen LogP contribution in [0.2, 0.25) is 0 Å². The van der Waals surface area contributed by atoms with Crippen LogP contribution < -0.4 is 16.0 Å². The van der Waals surface area contributed by atoms with Crippen LogP contribution in [0.3, 0.4) is 0 Å². The van der Waals surface area contributed by atoms with Crippen molar-refractivity contribution in [2.45, 2.75) is 52.3 Å². The summed E-state index contributed by atoms with van der Waals surface area (Å²) in [4.78, 5) is 28.6. The number of aromatic nitrogens is 9. The highest BCUT2D eigenvalue weighted by molar-refractivity contribution is 5.99. The molecule has 1 aliphatic rings. The van der Waals surface area contributed by atoms with Gasteiger partial charge in [0, 0.05) is 48.2 Å². The van der Waals surface area contributed by atoms with E-state index in [2.05, 4.69) is 15.1 Å². The smallest absolute Gasteiger partial charge is 0.281 e. The van der Waals surface area contributed by atoms with E-state index in [1.54, 1.807) is 38.7 Å². The molecule has 3 N–H and O–H groups in total. The van der Waals surface area contributed by atoms with E-state index >= 15 is 0 Å². The number of nitrogens with two attached hydrogens (primary N) is 1. The van der Waals surface area contributed by atoms with Crippen LogP contribution in [0.25, 0.3) is 44.3 Å². The van der Waals surface area contributed by atoms with Crippen LogP contribution in [0.15, 0.2) is 78.4 Å². The van der Waals surface area contributed by atoms with Gasteiger partial charge in [0.25, 0.3) is 5.56 Å². The van der Waals surface area contributed by atoms with Crippen molar-refractivity contribution in [1.82, 2.24) is 43.9 Å². The molecule has 6 heterocycles. The van der Waals surface area contributed by atoms with Crippen LogP contribution >= 0.6 is 0 Å². The summed E-state index contributed by atoms with van der Waals surface area (Å²) >= 11 is 0. The summed E-state index contributed by atoms with van der Waals surface area (Å²) in [5.74, 6) is 1.19. The molecule has 0 saturated carbocycles. The summed E-state index contributed by atoms with van der Waals surface area (Å²) in [6, 6.07) is 12.2. The Hall–Kier alpha value is -5.98. The molecule has 13 nitrogen and oxygen atoms in total. The summed E-state index contributed by atoms with van der Waals surface area (Å²) in [7, 11) is 0. The quantitative estimate of drug-likeness (QED) is 0.264. The minimum atomic E-state index is -0.593. The van der Waals surface area contributed by atoms with Crippen LogP contribution in [0.5, 0.6) is 11.5 Å². The molecular weight excluding hydrogens is 596 g/mol. The molecule has 1 atom stereocenters. The zero-order valence-electron chi connectivity index (χ0n) is 26.3. The molecule has 13 heteroatoms. The van der Waals surface area contributed by atoms with Gasteiger partial charge in [-0.2, -0.15) is 14.9 Å². The van der Waals surface area contributed by atoms with E-state index in [9.17, 15) is 9.90 Å². The molecule has 8 rings (SSSR count). The monoisotopic (exact) mass is 628 g/mol. The van der Waals surface area contributed by atoms with Crippen molar-refractivity contribution in [2.24, 2.45) is 0 Å². The topological polar surface area (TPSA) is 157 Å². The van der Waals surface area contributed by atoms with Gasteiger partial charge in [0.15, 0.2) is 23.0 Å². The maximum Gasteiger partial charge on any atom is 0.281 e. The number of fused-ring (bicyclic) bond motifs is 3. The second-order valence-electron chi connectivity index (χ2n) is 12.3. The fourth-order valence-corrected chi connectivity index (χ4v) is 6.54. The number of benzene rings is 2. The number of aromatic hydroxyl groups is 1. The third-order valence-corrected chi connectivity index (χ3v) is 8.72. The van der Waals surface area contributed by atoms with E-state index in [-0.39, 0.29) is 17.1 Å². The van der Waals surface area contributed by atoms with Gasteiger partial charge < -0.3 is 15.6 Å². The first-order chi connectivity index (χ1) is 22.6. The van der Waals surface area contributed by atoms with Gasteiger partial charge in [-0.1, -0.05) is 12.1 Å². The zero-order chi connectivity index (χ0) is 32.6. The van der Waals surface area contributed by atoms with Gasteiger partial charge in [-0.3, -0.25) is 14.2 Å². The third-order valence-electron chi connectivity index (χ3n) is 8.72. The van der Waals surface area contributed by atoms with Crippen molar-refractivity contribution in [1.29, 1.82) is 0 Å². The molecule has 0 spiro atoms. The first kappa shape index (κ1) is 28.5. The lowest BCUT2D eigenvalue weighted by Crippen LogP contribution is -2.32. The second-order valence-corrected chi connectivity index (χ2v) is 12.3. The van der Waals surface area contributed by atoms with Crippen molar-refractivity contribution in [2.75, 3.05) is 5.73 Å². The summed E-state index contributed by atoms with van der Waals surface area (Å²) in [5.41, 5.74) is 10.5. The maximum atomic E-state index is 14.6. The van der Waals surface area contributed by atoms with Gasteiger partial charge in [-0.05, 0) is 63.6 Å². The first-order valence-electron chi connectivity index (χ1n) is 15.4. The first-order valence-corrected chi connectivity index (χ1v) is 15.4. The molecule has 0 radical (unpaired) electrons. The number of nitrogen functional groups attached to an aromatic ring is 1. The van der Waals surface area contributed by atoms with Crippen LogP contribution in [0.1, 0.15) is 45.1 Å². The van der Waals surface area contributed by atoms with Gasteiger partial charge in [0.05, 0.1) is 22.5 Å². The zero-order valence-corrected chi connectivity index (χ0v) is 26.3. The molecule has 1 aliphatic heterocycles. The molecule has 0 amide bonds. The number of ether oxygens (including phenoxy) is 1. The highest BCUT2D eigenvalue weighted by Gasteiger charge is 2.36. The molecule has 47 heavy (non-hydrogen) atoms. The highest BCUT2D eigenvalue weighted by atomic mass is 16.5. The molecule has 0 aliphatic carbocycles. The minimum absolute atomic E-state index is 0.0631. The average molecular weight is 629 g/mol. The van der Waals surface area contributed by atoms with E-state index in [0.29, 0.717) is 52.2 Å². The Morgan fingerprint density at radius 1 is 1.06 bits per heavy atom. The number of hydrogen-bond acceptors (Lipinski definition) is 9. The highest BCUT2D eigenvalue weighted by Crippen LogP contribution is 2.47. The summed E-state index contributed by atoms with van der Waals surface area (Å²) in [6.07, 6.45) is 9.26. The molecule has 2 aromatic carbocycles. The lowest BCUT2D eigenvalue weighted by Gasteiger charge is -2.20. The van der Waals surface area contributed by atoms with Gasteiger partial charge in [-0.25, -0.2) is 19.6 Å². The van der Waals surface area contributed by atoms with E-state index in [4.69, 9.17) is 20.6 Å². The van der Waals surface area contributed by atoms with Gasteiger partial charge in [0.2, 0.25) is 0 Å². The number of hydrogen-bond donors (Lipinski definition) is 2. The molecule has 1 unspecified atom stereocenters. The standard InChI is InChI=1S/C34H32N10O3/c1-5-41-17-20(16-38-41)21-9-8-10-24-26(21)33(46)44(42-13-6-7-14-42)31(39-24)19(2)43-32-27(30(35)36-18-37-32)28(40-43)22-11-12-25(45)29-23(22)15-34(3,4)47-29/h6-14,16-19,45H,5,15H2,1-4H3,(H2,35,36,37). The van der Waals surface area contributed by atoms with Gasteiger partial charge in [0.1, 0.15) is 29.5 Å². The molecule has 7 aromatic rings. The van der Waals surface area contributed by atoms with Crippen LogP contribution in [-0.4, -0.2) is 54.6 Å². The molecule has 0 fully saturated rings. The van der Waals surface area contributed by atoms with Crippen molar-refractivity contribution >= 4 is 27.8 Å². The predicted molar refractivity (Wildman–Crippen MR) is 177 cm³/mol. The lowest BCUT2D eigenvalue weighted by atomic mass is 9.95. The molecule has 236 valence electrons. The maximum absolute atomic E-state index is 14.6. The Balaban J connectivity index is 1.37. The van der Waals surface area contributed by atoms with Crippen LogP contribution in [0, 0.1) is 0 Å². The Morgan fingerprint density at radius 3 is 2.64 bits per heavy atom. The van der Waals surface area contributed by atoms with E-state index in [1.165, 1.54) is 6.33 Å². The Kier molecular flexibility index (Phi) is 6.23. The normalized spacial score (nSPS) is 14.5. The van der Waals surface area contributed by atoms with Crippen LogP contribution in [-0.2, 0) is 13.0 Å². The third kappa shape index (κ3) is 4.37. The second kappa shape index (κ2) is 10.3. The van der Waals surface area contributed by atoms with Crippen molar-refractivity contribution < 1.29 is 9.84 Å². The van der Waals surface area contributed by atoms with E-state index in [0.717, 1.165) is 22.3 Å². The Bertz CT molecular complexity index is 2400. The van der Waals surface area contributed by atoms with Crippen molar-refractivity contribution in [3.05, 3.63) is 95.3 Å². The van der Waals surface area contributed by atoms with Crippen molar-refractivity contribution in [3.8, 4) is 33.9 Å². The fraction of sp³-hybridized carbons (Fsp3) is 0.235. The minimum Gasteiger partial charge on any atom is -0.504 e. The fourth-order valence-electron chi connectivity index (χ4n) is 6.54. The van der Waals surface area contributed by atoms with Crippen LogP contribution in [0.4, 0.5) is 5.82 Å². The average Bonchev–Trinajstić information content (AvgIpc) is 3.86. The molecule has 5 aromatic heterocycles. The largest absolute Gasteiger partial charge is 0.504 e. The number of anilines is 1. The summed E-state index contributed by atoms with van der Waals surface area (Å²) in [5, 5.41) is 21.2. The summed E-state index contributed by atoms with van der Waals surface area (Å²) < 4.78 is 12.9. The molecule has 0 saturated heterocycles.